The summed E-state index contributed by atoms with van der Waals surface area (Å²) < 4.78 is 4.35. The number of allylic oxidation sites excluding steroid dienone is 1. The van der Waals surface area contributed by atoms with Gasteiger partial charge in [0.1, 0.15) is 0 Å². The van der Waals surface area contributed by atoms with Gasteiger partial charge in [0, 0.05) is 11.6 Å². The van der Waals surface area contributed by atoms with Gasteiger partial charge >= 0.3 is 5.97 Å². The predicted molar refractivity (Wildman–Crippen MR) is 61.9 cm³/mol. The van der Waals surface area contributed by atoms with Crippen LogP contribution in [0.15, 0.2) is 30.4 Å². The standard InChI is InChI=1S/C11H8Cl2O3/c1-16-11(15)5-4-10(14)7-2-3-8(12)9(13)6-7/h2-6H,1H3/b5-4+. The van der Waals surface area contributed by atoms with Crippen molar-refractivity contribution in [3.63, 3.8) is 0 Å². The molecule has 0 amide bonds. The summed E-state index contributed by atoms with van der Waals surface area (Å²) in [6, 6.07) is 4.48. The molecule has 1 rings (SSSR count). The molecule has 16 heavy (non-hydrogen) atoms. The lowest BCUT2D eigenvalue weighted by molar-refractivity contribution is -0.134. The summed E-state index contributed by atoms with van der Waals surface area (Å²) in [5, 5.41) is 0.661. The molecule has 5 heteroatoms. The van der Waals surface area contributed by atoms with Crippen LogP contribution in [-0.2, 0) is 9.53 Å². The van der Waals surface area contributed by atoms with Crippen LogP contribution in [0, 0.1) is 0 Å². The van der Waals surface area contributed by atoms with Crippen LogP contribution >= 0.6 is 23.2 Å². The summed E-state index contributed by atoms with van der Waals surface area (Å²) in [7, 11) is 1.23. The lowest BCUT2D eigenvalue weighted by Crippen LogP contribution is -1.98. The average Bonchev–Trinajstić information content (AvgIpc) is 2.29. The second-order valence-corrected chi connectivity index (χ2v) is 3.66. The van der Waals surface area contributed by atoms with E-state index in [-0.39, 0.29) is 5.78 Å². The van der Waals surface area contributed by atoms with E-state index in [0.29, 0.717) is 15.6 Å². The number of esters is 1. The van der Waals surface area contributed by atoms with Crippen LogP contribution in [-0.4, -0.2) is 18.9 Å². The molecule has 0 atom stereocenters. The SMILES string of the molecule is COC(=O)/C=C/C(=O)c1ccc(Cl)c(Cl)c1. The third-order valence-corrected chi connectivity index (χ3v) is 2.52. The van der Waals surface area contributed by atoms with Gasteiger partial charge in [-0.15, -0.1) is 0 Å². The number of hydrogen-bond donors (Lipinski definition) is 0. The largest absolute Gasteiger partial charge is 0.466 e. The highest BCUT2D eigenvalue weighted by Crippen LogP contribution is 2.22. The number of benzene rings is 1. The fraction of sp³-hybridized carbons (Fsp3) is 0.0909. The molecular weight excluding hydrogens is 251 g/mol. The Labute approximate surface area is 103 Å². The van der Waals surface area contributed by atoms with Gasteiger partial charge in [-0.2, -0.15) is 0 Å². The molecule has 0 aliphatic heterocycles. The number of methoxy groups -OCH3 is 1. The number of carbonyl (C=O) groups is 2. The normalized spacial score (nSPS) is 10.4. The molecule has 84 valence electrons. The summed E-state index contributed by atoms with van der Waals surface area (Å²) in [5.41, 5.74) is 0.356. The first-order chi connectivity index (χ1) is 7.54. The minimum absolute atomic E-state index is 0.291. The molecule has 0 aliphatic rings. The van der Waals surface area contributed by atoms with Gasteiger partial charge < -0.3 is 4.74 Å². The number of hydrogen-bond acceptors (Lipinski definition) is 3. The molecular formula is C11H8Cl2O3. The van der Waals surface area contributed by atoms with Crippen LogP contribution in [0.3, 0.4) is 0 Å². The molecule has 0 aromatic heterocycles. The topological polar surface area (TPSA) is 43.4 Å². The maximum absolute atomic E-state index is 11.5. The molecule has 0 radical (unpaired) electrons. The molecule has 0 aliphatic carbocycles. The van der Waals surface area contributed by atoms with Crippen LogP contribution < -0.4 is 0 Å². The Morgan fingerprint density at radius 3 is 2.44 bits per heavy atom. The molecule has 0 fully saturated rings. The summed E-state index contributed by atoms with van der Waals surface area (Å²) in [6.07, 6.45) is 2.16. The highest BCUT2D eigenvalue weighted by Gasteiger charge is 2.05. The summed E-state index contributed by atoms with van der Waals surface area (Å²) in [6.45, 7) is 0. The van der Waals surface area contributed by atoms with Crippen LogP contribution in [0.1, 0.15) is 10.4 Å². The summed E-state index contributed by atoms with van der Waals surface area (Å²) in [4.78, 5) is 22.3. The average molecular weight is 259 g/mol. The molecule has 0 unspecified atom stereocenters. The molecule has 0 saturated carbocycles. The first-order valence-electron chi connectivity index (χ1n) is 4.30. The number of halogens is 2. The van der Waals surface area contributed by atoms with E-state index in [0.717, 1.165) is 12.2 Å². The molecule has 0 bridgehead atoms. The fourth-order valence-electron chi connectivity index (χ4n) is 0.957. The second-order valence-electron chi connectivity index (χ2n) is 2.85. The van der Waals surface area contributed by atoms with Crippen LogP contribution in [0.5, 0.6) is 0 Å². The van der Waals surface area contributed by atoms with Crippen molar-refractivity contribution in [3.8, 4) is 0 Å². The van der Waals surface area contributed by atoms with E-state index in [2.05, 4.69) is 4.74 Å². The molecule has 3 nitrogen and oxygen atoms in total. The van der Waals surface area contributed by atoms with Gasteiger partial charge in [0.25, 0.3) is 0 Å². The summed E-state index contributed by atoms with van der Waals surface area (Å²) in [5.74, 6) is -0.933. The minimum atomic E-state index is -0.589. The minimum Gasteiger partial charge on any atom is -0.466 e. The zero-order valence-corrected chi connectivity index (χ0v) is 9.88. The van der Waals surface area contributed by atoms with Crippen molar-refractivity contribution < 1.29 is 14.3 Å². The van der Waals surface area contributed by atoms with E-state index in [4.69, 9.17) is 23.2 Å². The smallest absolute Gasteiger partial charge is 0.330 e. The third kappa shape index (κ3) is 3.36. The predicted octanol–water partition coefficient (Wildman–Crippen LogP) is 2.91. The molecule has 1 aromatic rings. The van der Waals surface area contributed by atoms with Crippen LogP contribution in [0.2, 0.25) is 10.0 Å². The first kappa shape index (κ1) is 12.7. The molecule has 0 spiro atoms. The molecule has 1 aromatic carbocycles. The van der Waals surface area contributed by atoms with Gasteiger partial charge in [-0.25, -0.2) is 4.79 Å². The van der Waals surface area contributed by atoms with E-state index >= 15 is 0 Å². The van der Waals surface area contributed by atoms with Crippen molar-refractivity contribution in [2.45, 2.75) is 0 Å². The monoisotopic (exact) mass is 258 g/mol. The van der Waals surface area contributed by atoms with E-state index < -0.39 is 5.97 Å². The van der Waals surface area contributed by atoms with Gasteiger partial charge in [-0.1, -0.05) is 23.2 Å². The number of ketones is 1. The Balaban J connectivity index is 2.85. The second kappa shape index (κ2) is 5.68. The van der Waals surface area contributed by atoms with Crippen molar-refractivity contribution in [1.29, 1.82) is 0 Å². The van der Waals surface area contributed by atoms with Gasteiger partial charge in [0.2, 0.25) is 0 Å². The van der Waals surface area contributed by atoms with Gasteiger partial charge in [-0.05, 0) is 24.3 Å². The highest BCUT2D eigenvalue weighted by molar-refractivity contribution is 6.42. The van der Waals surface area contributed by atoms with Crippen molar-refractivity contribution in [2.75, 3.05) is 7.11 Å². The van der Waals surface area contributed by atoms with E-state index in [1.54, 1.807) is 0 Å². The Morgan fingerprint density at radius 1 is 1.19 bits per heavy atom. The highest BCUT2D eigenvalue weighted by atomic mass is 35.5. The maximum Gasteiger partial charge on any atom is 0.330 e. The fourth-order valence-corrected chi connectivity index (χ4v) is 1.26. The zero-order chi connectivity index (χ0) is 12.1. The lowest BCUT2D eigenvalue weighted by Gasteiger charge is -1.98. The Morgan fingerprint density at radius 2 is 1.88 bits per heavy atom. The Bertz CT molecular complexity index is 453. The van der Waals surface area contributed by atoms with Crippen molar-refractivity contribution in [1.82, 2.24) is 0 Å². The molecule has 0 N–H and O–H groups in total. The molecule has 0 heterocycles. The Kier molecular flexibility index (Phi) is 4.52. The van der Waals surface area contributed by atoms with E-state index in [1.807, 2.05) is 0 Å². The quantitative estimate of drug-likeness (QED) is 0.476. The first-order valence-corrected chi connectivity index (χ1v) is 5.05. The van der Waals surface area contributed by atoms with Crippen molar-refractivity contribution in [2.24, 2.45) is 0 Å². The van der Waals surface area contributed by atoms with Crippen molar-refractivity contribution in [3.05, 3.63) is 46.0 Å². The van der Waals surface area contributed by atoms with Crippen LogP contribution in [0.25, 0.3) is 0 Å². The lowest BCUT2D eigenvalue weighted by atomic mass is 10.1. The van der Waals surface area contributed by atoms with E-state index in [9.17, 15) is 9.59 Å². The summed E-state index contributed by atoms with van der Waals surface area (Å²) >= 11 is 11.4. The maximum atomic E-state index is 11.5. The number of carbonyl (C=O) groups excluding carboxylic acids is 2. The van der Waals surface area contributed by atoms with Crippen molar-refractivity contribution >= 4 is 35.0 Å². The number of ether oxygens (including phenoxy) is 1. The zero-order valence-electron chi connectivity index (χ0n) is 8.37. The van der Waals surface area contributed by atoms with E-state index in [1.165, 1.54) is 25.3 Å². The molecule has 0 saturated heterocycles. The van der Waals surface area contributed by atoms with Gasteiger partial charge in [0.05, 0.1) is 17.2 Å². The number of rotatable bonds is 3. The van der Waals surface area contributed by atoms with Gasteiger partial charge in [0.15, 0.2) is 5.78 Å². The Hall–Kier alpha value is -1.32. The van der Waals surface area contributed by atoms with Crippen LogP contribution in [0.4, 0.5) is 0 Å². The van der Waals surface area contributed by atoms with Gasteiger partial charge in [-0.3, -0.25) is 4.79 Å². The third-order valence-electron chi connectivity index (χ3n) is 1.78.